The minimum atomic E-state index is -0.804. The zero-order valence-electron chi connectivity index (χ0n) is 11.7. The molecule has 4 nitrogen and oxygen atoms in total. The van der Waals surface area contributed by atoms with Crippen LogP contribution >= 0.6 is 0 Å². The van der Waals surface area contributed by atoms with Crippen molar-refractivity contribution in [1.82, 2.24) is 0 Å². The van der Waals surface area contributed by atoms with E-state index >= 15 is 0 Å². The molecule has 2 N–H and O–H groups in total. The minimum Gasteiger partial charge on any atom is -0.481 e. The molecule has 0 saturated heterocycles. The van der Waals surface area contributed by atoms with Gasteiger partial charge in [0, 0.05) is 17.5 Å². The Labute approximate surface area is 113 Å². The predicted molar refractivity (Wildman–Crippen MR) is 75.1 cm³/mol. The fraction of sp³-hybridized carbons (Fsp3) is 0.467. The fourth-order valence-electron chi connectivity index (χ4n) is 1.47. The molecule has 0 saturated carbocycles. The lowest BCUT2D eigenvalue weighted by molar-refractivity contribution is -0.137. The zero-order valence-corrected chi connectivity index (χ0v) is 11.7. The molecule has 0 spiro atoms. The van der Waals surface area contributed by atoms with E-state index in [1.54, 1.807) is 12.1 Å². The number of hydrogen-bond donors (Lipinski definition) is 2. The lowest BCUT2D eigenvalue weighted by atomic mass is 9.89. The molecule has 19 heavy (non-hydrogen) atoms. The molecule has 4 heteroatoms. The van der Waals surface area contributed by atoms with Crippen LogP contribution in [0, 0.1) is 5.41 Å². The molecule has 0 aromatic heterocycles. The topological polar surface area (TPSA) is 66.4 Å². The van der Waals surface area contributed by atoms with E-state index in [-0.39, 0.29) is 17.7 Å². The van der Waals surface area contributed by atoms with E-state index in [4.69, 9.17) is 5.11 Å². The molecule has 1 amide bonds. The van der Waals surface area contributed by atoms with Crippen molar-refractivity contribution in [3.8, 4) is 0 Å². The summed E-state index contributed by atoms with van der Waals surface area (Å²) in [5.41, 5.74) is 1.31. The smallest absolute Gasteiger partial charge is 0.303 e. The fourth-order valence-corrected chi connectivity index (χ4v) is 1.47. The first-order valence-corrected chi connectivity index (χ1v) is 6.47. The Kier molecular flexibility index (Phi) is 5.10. The Bertz CT molecular complexity index is 449. The standard InChI is InChI=1S/C15H21NO3/c1-4-15(2,3)14(19)16-12-8-5-11(6-9-12)7-10-13(17)18/h5-6,8-9H,4,7,10H2,1-3H3,(H,16,19)(H,17,18). The number of carbonyl (C=O) groups excluding carboxylic acids is 1. The minimum absolute atomic E-state index is 0.00622. The number of rotatable bonds is 6. The number of nitrogens with one attached hydrogen (secondary N) is 1. The second kappa shape index (κ2) is 6.36. The summed E-state index contributed by atoms with van der Waals surface area (Å²) in [7, 11) is 0. The van der Waals surface area contributed by atoms with Crippen molar-refractivity contribution in [2.24, 2.45) is 5.41 Å². The molecule has 104 valence electrons. The molecule has 0 bridgehead atoms. The summed E-state index contributed by atoms with van der Waals surface area (Å²) < 4.78 is 0. The lowest BCUT2D eigenvalue weighted by Gasteiger charge is -2.21. The summed E-state index contributed by atoms with van der Waals surface area (Å²) >= 11 is 0. The van der Waals surface area contributed by atoms with Crippen LogP contribution in [0.1, 0.15) is 39.2 Å². The Morgan fingerprint density at radius 1 is 1.21 bits per heavy atom. The van der Waals surface area contributed by atoms with E-state index in [1.165, 1.54) is 0 Å². The van der Waals surface area contributed by atoms with Gasteiger partial charge in [0.1, 0.15) is 0 Å². The summed E-state index contributed by atoms with van der Waals surface area (Å²) in [6.07, 6.45) is 1.40. The van der Waals surface area contributed by atoms with E-state index in [2.05, 4.69) is 5.32 Å². The van der Waals surface area contributed by atoms with Gasteiger partial charge in [-0.05, 0) is 30.5 Å². The van der Waals surface area contributed by atoms with Crippen molar-refractivity contribution < 1.29 is 14.7 Å². The van der Waals surface area contributed by atoms with Gasteiger partial charge in [0.25, 0.3) is 0 Å². The predicted octanol–water partition coefficient (Wildman–Crippen LogP) is 3.08. The van der Waals surface area contributed by atoms with Crippen LogP contribution in [0.3, 0.4) is 0 Å². The Balaban J connectivity index is 2.62. The van der Waals surface area contributed by atoms with Crippen molar-refractivity contribution in [3.05, 3.63) is 29.8 Å². The van der Waals surface area contributed by atoms with Crippen LogP contribution in [0.15, 0.2) is 24.3 Å². The molecule has 0 atom stereocenters. The molecule has 1 rings (SSSR count). The Morgan fingerprint density at radius 2 is 1.79 bits per heavy atom. The SMILES string of the molecule is CCC(C)(C)C(=O)Nc1ccc(CCC(=O)O)cc1. The maximum Gasteiger partial charge on any atom is 0.303 e. The van der Waals surface area contributed by atoms with Crippen LogP contribution in [0.5, 0.6) is 0 Å². The first-order valence-electron chi connectivity index (χ1n) is 6.47. The second-order valence-electron chi connectivity index (χ2n) is 5.28. The third-order valence-corrected chi connectivity index (χ3v) is 3.34. The summed E-state index contributed by atoms with van der Waals surface area (Å²) in [5, 5.41) is 11.5. The average Bonchev–Trinajstić information content (AvgIpc) is 2.37. The number of anilines is 1. The van der Waals surface area contributed by atoms with Gasteiger partial charge in [-0.1, -0.05) is 32.9 Å². The van der Waals surface area contributed by atoms with E-state index in [9.17, 15) is 9.59 Å². The summed E-state index contributed by atoms with van der Waals surface area (Å²) in [5.74, 6) is -0.810. The third-order valence-electron chi connectivity index (χ3n) is 3.34. The highest BCUT2D eigenvalue weighted by atomic mass is 16.4. The molecule has 0 aliphatic rings. The van der Waals surface area contributed by atoms with Gasteiger partial charge < -0.3 is 10.4 Å². The number of aliphatic carboxylic acids is 1. The molecule has 1 aromatic rings. The van der Waals surface area contributed by atoms with Crippen molar-refractivity contribution in [2.75, 3.05) is 5.32 Å². The van der Waals surface area contributed by atoms with Crippen LogP contribution in [0.2, 0.25) is 0 Å². The largest absolute Gasteiger partial charge is 0.481 e. The molecule has 0 radical (unpaired) electrons. The molecule has 0 heterocycles. The van der Waals surface area contributed by atoms with Gasteiger partial charge in [0.2, 0.25) is 5.91 Å². The Morgan fingerprint density at radius 3 is 2.26 bits per heavy atom. The van der Waals surface area contributed by atoms with Gasteiger partial charge >= 0.3 is 5.97 Å². The first-order chi connectivity index (χ1) is 8.85. The van der Waals surface area contributed by atoms with Crippen LogP contribution in [0.4, 0.5) is 5.69 Å². The van der Waals surface area contributed by atoms with Crippen LogP contribution in [-0.4, -0.2) is 17.0 Å². The van der Waals surface area contributed by atoms with Gasteiger partial charge in [-0.3, -0.25) is 9.59 Å². The number of amides is 1. The first kappa shape index (κ1) is 15.2. The molecule has 0 aliphatic heterocycles. The highest BCUT2D eigenvalue weighted by Crippen LogP contribution is 2.22. The van der Waals surface area contributed by atoms with Gasteiger partial charge in [0.15, 0.2) is 0 Å². The summed E-state index contributed by atoms with van der Waals surface area (Å²) in [6, 6.07) is 7.30. The van der Waals surface area contributed by atoms with Gasteiger partial charge in [-0.2, -0.15) is 0 Å². The number of hydrogen-bond acceptors (Lipinski definition) is 2. The van der Waals surface area contributed by atoms with Crippen molar-refractivity contribution in [2.45, 2.75) is 40.0 Å². The monoisotopic (exact) mass is 263 g/mol. The van der Waals surface area contributed by atoms with Gasteiger partial charge in [-0.15, -0.1) is 0 Å². The van der Waals surface area contributed by atoms with Crippen LogP contribution in [-0.2, 0) is 16.0 Å². The quantitative estimate of drug-likeness (QED) is 0.828. The maximum atomic E-state index is 12.0. The number of aryl methyl sites for hydroxylation is 1. The lowest BCUT2D eigenvalue weighted by Crippen LogP contribution is -2.29. The Hall–Kier alpha value is -1.84. The normalized spacial score (nSPS) is 11.1. The van der Waals surface area contributed by atoms with Crippen LogP contribution in [0.25, 0.3) is 0 Å². The second-order valence-corrected chi connectivity index (χ2v) is 5.28. The molecule has 0 unspecified atom stereocenters. The number of carbonyl (C=O) groups is 2. The highest BCUT2D eigenvalue weighted by Gasteiger charge is 2.25. The van der Waals surface area contributed by atoms with E-state index in [0.717, 1.165) is 17.7 Å². The molecular formula is C15H21NO3. The number of carboxylic acids is 1. The summed E-state index contributed by atoms with van der Waals surface area (Å²) in [6.45, 7) is 5.79. The average molecular weight is 263 g/mol. The van der Waals surface area contributed by atoms with Crippen molar-refractivity contribution >= 4 is 17.6 Å². The number of benzene rings is 1. The van der Waals surface area contributed by atoms with E-state index in [1.807, 2.05) is 32.9 Å². The maximum absolute atomic E-state index is 12.0. The van der Waals surface area contributed by atoms with E-state index < -0.39 is 5.97 Å². The van der Waals surface area contributed by atoms with Gasteiger partial charge in [0.05, 0.1) is 0 Å². The van der Waals surface area contributed by atoms with Crippen LogP contribution < -0.4 is 5.32 Å². The highest BCUT2D eigenvalue weighted by molar-refractivity contribution is 5.94. The van der Waals surface area contributed by atoms with Crippen molar-refractivity contribution in [1.29, 1.82) is 0 Å². The molecule has 0 fully saturated rings. The zero-order chi connectivity index (χ0) is 14.5. The molecular weight excluding hydrogens is 242 g/mol. The van der Waals surface area contributed by atoms with Crippen molar-refractivity contribution in [3.63, 3.8) is 0 Å². The van der Waals surface area contributed by atoms with E-state index in [0.29, 0.717) is 6.42 Å². The third kappa shape index (κ3) is 4.73. The molecule has 1 aromatic carbocycles. The van der Waals surface area contributed by atoms with Gasteiger partial charge in [-0.25, -0.2) is 0 Å². The number of carboxylic acid groups (broad SMARTS) is 1. The molecule has 0 aliphatic carbocycles. The summed E-state index contributed by atoms with van der Waals surface area (Å²) in [4.78, 5) is 22.4.